The highest BCUT2D eigenvalue weighted by molar-refractivity contribution is 9.10. The van der Waals surface area contributed by atoms with Crippen LogP contribution >= 0.6 is 15.9 Å². The number of aliphatic hydroxyl groups is 1. The molecule has 1 atom stereocenters. The quantitative estimate of drug-likeness (QED) is 0.699. The minimum absolute atomic E-state index is 0.336. The molecule has 0 aliphatic rings. The maximum absolute atomic E-state index is 9.05. The fourth-order valence-corrected chi connectivity index (χ4v) is 1.72. The molecule has 17 heavy (non-hydrogen) atoms. The predicted octanol–water partition coefficient (Wildman–Crippen LogP) is 1.70. The Morgan fingerprint density at radius 1 is 1.47 bits per heavy atom. The molecule has 0 aromatic heterocycles. The SMILES string of the molecule is CC(O)CNCCNc1ccc(Br)cc1C#N. The van der Waals surface area contributed by atoms with Crippen molar-refractivity contribution in [3.8, 4) is 6.07 Å². The van der Waals surface area contributed by atoms with E-state index in [1.165, 1.54) is 0 Å². The molecular weight excluding hydrogens is 282 g/mol. The second kappa shape index (κ2) is 7.28. The number of rotatable bonds is 6. The highest BCUT2D eigenvalue weighted by Crippen LogP contribution is 2.19. The van der Waals surface area contributed by atoms with Gasteiger partial charge in [-0.1, -0.05) is 15.9 Å². The summed E-state index contributed by atoms with van der Waals surface area (Å²) in [5, 5.41) is 24.3. The van der Waals surface area contributed by atoms with Crippen molar-refractivity contribution in [3.63, 3.8) is 0 Å². The minimum Gasteiger partial charge on any atom is -0.392 e. The molecule has 0 saturated heterocycles. The van der Waals surface area contributed by atoms with Gasteiger partial charge in [0.05, 0.1) is 17.4 Å². The molecule has 3 N–H and O–H groups in total. The zero-order valence-electron chi connectivity index (χ0n) is 9.70. The van der Waals surface area contributed by atoms with Gasteiger partial charge in [-0.2, -0.15) is 5.26 Å². The van der Waals surface area contributed by atoms with Gasteiger partial charge >= 0.3 is 0 Å². The van der Waals surface area contributed by atoms with Gasteiger partial charge < -0.3 is 15.7 Å². The van der Waals surface area contributed by atoms with Crippen LogP contribution in [0.15, 0.2) is 22.7 Å². The highest BCUT2D eigenvalue weighted by Gasteiger charge is 2.01. The lowest BCUT2D eigenvalue weighted by molar-refractivity contribution is 0.192. The van der Waals surface area contributed by atoms with Gasteiger partial charge in [0.25, 0.3) is 0 Å². The zero-order valence-corrected chi connectivity index (χ0v) is 11.3. The van der Waals surface area contributed by atoms with Crippen LogP contribution in [0.1, 0.15) is 12.5 Å². The van der Waals surface area contributed by atoms with E-state index in [2.05, 4.69) is 32.6 Å². The van der Waals surface area contributed by atoms with Gasteiger partial charge in [-0.3, -0.25) is 0 Å². The van der Waals surface area contributed by atoms with Crippen molar-refractivity contribution in [2.45, 2.75) is 13.0 Å². The summed E-state index contributed by atoms with van der Waals surface area (Å²) in [5.41, 5.74) is 1.45. The van der Waals surface area contributed by atoms with Gasteiger partial charge in [-0.15, -0.1) is 0 Å². The second-order valence-corrected chi connectivity index (χ2v) is 4.70. The Bertz CT molecular complexity index is 401. The van der Waals surface area contributed by atoms with Crippen molar-refractivity contribution in [2.75, 3.05) is 25.0 Å². The third-order valence-corrected chi connectivity index (χ3v) is 2.65. The van der Waals surface area contributed by atoms with E-state index in [9.17, 15) is 0 Å². The normalized spacial score (nSPS) is 11.9. The third kappa shape index (κ3) is 5.18. The first-order valence-corrected chi connectivity index (χ1v) is 6.25. The molecular formula is C12H16BrN3O. The summed E-state index contributed by atoms with van der Waals surface area (Å²) in [4.78, 5) is 0. The molecule has 0 amide bonds. The molecule has 5 heteroatoms. The Balaban J connectivity index is 2.39. The van der Waals surface area contributed by atoms with E-state index in [4.69, 9.17) is 10.4 Å². The number of nitrogens with one attached hydrogen (secondary N) is 2. The molecule has 0 bridgehead atoms. The van der Waals surface area contributed by atoms with E-state index in [1.54, 1.807) is 13.0 Å². The van der Waals surface area contributed by atoms with Gasteiger partial charge in [0.1, 0.15) is 6.07 Å². The Morgan fingerprint density at radius 2 is 2.24 bits per heavy atom. The molecule has 1 rings (SSSR count). The smallest absolute Gasteiger partial charge is 0.101 e. The topological polar surface area (TPSA) is 68.1 Å². The van der Waals surface area contributed by atoms with Crippen LogP contribution in [0, 0.1) is 11.3 Å². The average molecular weight is 298 g/mol. The van der Waals surface area contributed by atoms with Crippen LogP contribution in [-0.4, -0.2) is 30.8 Å². The Hall–Kier alpha value is -1.09. The van der Waals surface area contributed by atoms with Crippen LogP contribution in [0.3, 0.4) is 0 Å². The summed E-state index contributed by atoms with van der Waals surface area (Å²) in [6.07, 6.45) is -0.336. The monoisotopic (exact) mass is 297 g/mol. The molecule has 0 saturated carbocycles. The Morgan fingerprint density at radius 3 is 2.88 bits per heavy atom. The number of anilines is 1. The molecule has 0 aliphatic heterocycles. The van der Waals surface area contributed by atoms with Crippen molar-refractivity contribution >= 4 is 21.6 Å². The maximum Gasteiger partial charge on any atom is 0.101 e. The van der Waals surface area contributed by atoms with Crippen molar-refractivity contribution in [1.82, 2.24) is 5.32 Å². The van der Waals surface area contributed by atoms with E-state index >= 15 is 0 Å². The van der Waals surface area contributed by atoms with Crippen LogP contribution in [0.4, 0.5) is 5.69 Å². The van der Waals surface area contributed by atoms with Crippen LogP contribution in [-0.2, 0) is 0 Å². The number of nitrogens with zero attached hydrogens (tertiary/aromatic N) is 1. The second-order valence-electron chi connectivity index (χ2n) is 3.78. The van der Waals surface area contributed by atoms with Gasteiger partial charge in [0, 0.05) is 24.1 Å². The fourth-order valence-electron chi connectivity index (χ4n) is 1.36. The van der Waals surface area contributed by atoms with E-state index in [-0.39, 0.29) is 6.10 Å². The summed E-state index contributed by atoms with van der Waals surface area (Å²) in [6, 6.07) is 7.69. The van der Waals surface area contributed by atoms with Crippen LogP contribution in [0.5, 0.6) is 0 Å². The lowest BCUT2D eigenvalue weighted by atomic mass is 10.2. The lowest BCUT2D eigenvalue weighted by Crippen LogP contribution is -2.29. The van der Waals surface area contributed by atoms with Gasteiger partial charge in [-0.05, 0) is 25.1 Å². The first-order valence-electron chi connectivity index (χ1n) is 5.46. The van der Waals surface area contributed by atoms with Crippen LogP contribution < -0.4 is 10.6 Å². The summed E-state index contributed by atoms with van der Waals surface area (Å²) >= 11 is 3.33. The number of hydrogen-bond acceptors (Lipinski definition) is 4. The van der Waals surface area contributed by atoms with Crippen molar-refractivity contribution in [1.29, 1.82) is 5.26 Å². The summed E-state index contributed by atoms with van der Waals surface area (Å²) in [6.45, 7) is 3.77. The van der Waals surface area contributed by atoms with Crippen molar-refractivity contribution < 1.29 is 5.11 Å². The molecule has 92 valence electrons. The number of aliphatic hydroxyl groups excluding tert-OH is 1. The average Bonchev–Trinajstić information content (AvgIpc) is 2.29. The van der Waals surface area contributed by atoms with E-state index in [0.717, 1.165) is 16.7 Å². The van der Waals surface area contributed by atoms with Gasteiger partial charge in [0.2, 0.25) is 0 Å². The molecule has 0 spiro atoms. The highest BCUT2D eigenvalue weighted by atomic mass is 79.9. The maximum atomic E-state index is 9.05. The summed E-state index contributed by atoms with van der Waals surface area (Å²) < 4.78 is 0.895. The van der Waals surface area contributed by atoms with E-state index < -0.39 is 0 Å². The van der Waals surface area contributed by atoms with Crippen LogP contribution in [0.2, 0.25) is 0 Å². The first-order chi connectivity index (χ1) is 8.13. The van der Waals surface area contributed by atoms with Crippen molar-refractivity contribution in [3.05, 3.63) is 28.2 Å². The van der Waals surface area contributed by atoms with E-state index in [0.29, 0.717) is 18.7 Å². The zero-order chi connectivity index (χ0) is 12.7. The van der Waals surface area contributed by atoms with Crippen molar-refractivity contribution in [2.24, 2.45) is 0 Å². The predicted molar refractivity (Wildman–Crippen MR) is 71.9 cm³/mol. The molecule has 0 aliphatic carbocycles. The Labute approximate surface area is 110 Å². The van der Waals surface area contributed by atoms with Gasteiger partial charge in [-0.25, -0.2) is 0 Å². The molecule has 4 nitrogen and oxygen atoms in total. The van der Waals surface area contributed by atoms with Crippen LogP contribution in [0.25, 0.3) is 0 Å². The summed E-state index contributed by atoms with van der Waals surface area (Å²) in [5.74, 6) is 0. The number of nitriles is 1. The third-order valence-electron chi connectivity index (χ3n) is 2.16. The molecule has 1 aromatic rings. The number of halogens is 1. The van der Waals surface area contributed by atoms with E-state index in [1.807, 2.05) is 12.1 Å². The number of benzene rings is 1. The molecule has 0 fully saturated rings. The minimum atomic E-state index is -0.336. The fraction of sp³-hybridized carbons (Fsp3) is 0.417. The number of hydrogen-bond donors (Lipinski definition) is 3. The molecule has 0 radical (unpaired) electrons. The summed E-state index contributed by atoms with van der Waals surface area (Å²) in [7, 11) is 0. The molecule has 0 heterocycles. The standard InChI is InChI=1S/C12H16BrN3O/c1-9(17)8-15-4-5-16-12-3-2-11(13)6-10(12)7-14/h2-3,6,9,15-17H,4-5,8H2,1H3. The van der Waals surface area contributed by atoms with Gasteiger partial charge in [0.15, 0.2) is 0 Å². The lowest BCUT2D eigenvalue weighted by Gasteiger charge is -2.10. The molecule has 1 aromatic carbocycles. The largest absolute Gasteiger partial charge is 0.392 e. The molecule has 1 unspecified atom stereocenters. The Kier molecular flexibility index (Phi) is 5.98. The first kappa shape index (κ1) is 14.0.